The van der Waals surface area contributed by atoms with Crippen LogP contribution in [0.4, 0.5) is 0 Å². The lowest BCUT2D eigenvalue weighted by Crippen LogP contribution is -2.07. The van der Waals surface area contributed by atoms with E-state index in [1.165, 1.54) is 12.3 Å². The van der Waals surface area contributed by atoms with Gasteiger partial charge in [-0.05, 0) is 6.07 Å². The van der Waals surface area contributed by atoms with Crippen LogP contribution >= 0.6 is 0 Å². The topological polar surface area (TPSA) is 84.3 Å². The Balaban J connectivity index is 3.46. The number of carboxylic acids is 1. The molecule has 0 unspecified atom stereocenters. The van der Waals surface area contributed by atoms with E-state index in [2.05, 4.69) is 4.98 Å². The van der Waals surface area contributed by atoms with Crippen LogP contribution in [0.5, 0.6) is 0 Å². The molecule has 0 aliphatic rings. The number of nitrogens with zero attached hydrogens (tertiary/aromatic N) is 1. The summed E-state index contributed by atoms with van der Waals surface area (Å²) in [6, 6.07) is 1.17. The van der Waals surface area contributed by atoms with Gasteiger partial charge >= 0.3 is 5.97 Å². The number of hydrogen-bond acceptors (Lipinski definition) is 4. The molecule has 0 amide bonds. The molecule has 5 nitrogen and oxygen atoms in total. The highest BCUT2D eigenvalue weighted by Gasteiger charge is 2.17. The predicted octanol–water partition coefficient (Wildman–Crippen LogP) is 0.183. The van der Waals surface area contributed by atoms with Crippen molar-refractivity contribution in [2.24, 2.45) is 0 Å². The van der Waals surface area contributed by atoms with Crippen molar-refractivity contribution in [1.29, 1.82) is 0 Å². The Kier molecular flexibility index (Phi) is 2.33. The molecule has 1 rings (SSSR count). The van der Waals surface area contributed by atoms with Crippen molar-refractivity contribution in [1.82, 2.24) is 4.98 Å². The normalized spacial score (nSPS) is 11.2. The number of carboxylic acid groups (broad SMARTS) is 1. The molecule has 0 saturated carbocycles. The molecule has 0 aliphatic heterocycles. The van der Waals surface area contributed by atoms with Crippen LogP contribution in [0.2, 0.25) is 0 Å². The number of carbonyl (C=O) groups is 1. The summed E-state index contributed by atoms with van der Waals surface area (Å²) in [6.07, 6.45) is 3.20. The van der Waals surface area contributed by atoms with Gasteiger partial charge in [-0.2, -0.15) is 0 Å². The van der Waals surface area contributed by atoms with E-state index < -0.39 is 15.8 Å². The van der Waals surface area contributed by atoms with Gasteiger partial charge in [-0.1, -0.05) is 0 Å². The van der Waals surface area contributed by atoms with Gasteiger partial charge in [0.2, 0.25) is 0 Å². The van der Waals surface area contributed by atoms with E-state index in [4.69, 9.17) is 5.11 Å². The smallest absolute Gasteiger partial charge is 0.338 e. The number of aromatic nitrogens is 1. The molecule has 6 heteroatoms. The highest BCUT2D eigenvalue weighted by molar-refractivity contribution is 7.90. The zero-order valence-electron chi connectivity index (χ0n) is 6.76. The number of hydrogen-bond donors (Lipinski definition) is 1. The zero-order valence-corrected chi connectivity index (χ0v) is 7.58. The van der Waals surface area contributed by atoms with E-state index in [0.717, 1.165) is 12.5 Å². The fourth-order valence-corrected chi connectivity index (χ4v) is 1.71. The van der Waals surface area contributed by atoms with Gasteiger partial charge in [0.25, 0.3) is 0 Å². The van der Waals surface area contributed by atoms with Gasteiger partial charge in [0.15, 0.2) is 9.84 Å². The maximum atomic E-state index is 11.1. The van der Waals surface area contributed by atoms with Crippen LogP contribution in [-0.4, -0.2) is 30.7 Å². The Morgan fingerprint density at radius 3 is 2.54 bits per heavy atom. The van der Waals surface area contributed by atoms with Crippen molar-refractivity contribution in [3.63, 3.8) is 0 Å². The molecule has 0 radical (unpaired) electrons. The molecule has 1 aromatic heterocycles. The summed E-state index contributed by atoms with van der Waals surface area (Å²) < 4.78 is 22.1. The zero-order chi connectivity index (χ0) is 10.1. The monoisotopic (exact) mass is 201 g/mol. The summed E-state index contributed by atoms with van der Waals surface area (Å²) in [5.41, 5.74) is -0.301. The molecular formula is C7H7NO4S. The molecule has 0 bridgehead atoms. The molecule has 0 fully saturated rings. The molecule has 70 valence electrons. The Labute approximate surface area is 75.0 Å². The van der Waals surface area contributed by atoms with Gasteiger partial charge in [0.05, 0.1) is 10.5 Å². The number of pyridine rings is 1. The van der Waals surface area contributed by atoms with E-state index in [0.29, 0.717) is 0 Å². The van der Waals surface area contributed by atoms with E-state index in [9.17, 15) is 13.2 Å². The molecule has 0 atom stereocenters. The van der Waals surface area contributed by atoms with Crippen molar-refractivity contribution in [2.45, 2.75) is 4.90 Å². The van der Waals surface area contributed by atoms with E-state index in [-0.39, 0.29) is 10.5 Å². The van der Waals surface area contributed by atoms with Crippen molar-refractivity contribution >= 4 is 15.8 Å². The van der Waals surface area contributed by atoms with Crippen LogP contribution in [0.25, 0.3) is 0 Å². The second-order valence-corrected chi connectivity index (χ2v) is 4.43. The molecule has 1 heterocycles. The second kappa shape index (κ2) is 3.14. The summed E-state index contributed by atoms with van der Waals surface area (Å²) in [5.74, 6) is -1.30. The number of rotatable bonds is 2. The average molecular weight is 201 g/mol. The van der Waals surface area contributed by atoms with Crippen molar-refractivity contribution in [3.05, 3.63) is 24.0 Å². The maximum Gasteiger partial charge on any atom is 0.338 e. The van der Waals surface area contributed by atoms with Gasteiger partial charge < -0.3 is 5.11 Å². The standard InChI is InChI=1S/C7H7NO4S/c1-13(11,12)6-2-3-8-4-5(6)7(9)10/h2-4H,1H3,(H,9,10). The maximum absolute atomic E-state index is 11.1. The largest absolute Gasteiger partial charge is 0.478 e. The van der Waals surface area contributed by atoms with E-state index in [1.807, 2.05) is 0 Å². The van der Waals surface area contributed by atoms with Crippen LogP contribution in [0, 0.1) is 0 Å². The van der Waals surface area contributed by atoms with E-state index >= 15 is 0 Å². The minimum absolute atomic E-state index is 0.213. The Morgan fingerprint density at radius 2 is 2.15 bits per heavy atom. The van der Waals surface area contributed by atoms with Gasteiger partial charge in [-0.3, -0.25) is 4.98 Å². The van der Waals surface area contributed by atoms with Gasteiger partial charge in [-0.15, -0.1) is 0 Å². The highest BCUT2D eigenvalue weighted by atomic mass is 32.2. The summed E-state index contributed by atoms with van der Waals surface area (Å²) in [5, 5.41) is 8.62. The average Bonchev–Trinajstić information content (AvgIpc) is 2.03. The first kappa shape index (κ1) is 9.66. The lowest BCUT2D eigenvalue weighted by Gasteiger charge is -2.01. The summed E-state index contributed by atoms with van der Waals surface area (Å²) in [4.78, 5) is 13.9. The van der Waals surface area contributed by atoms with Crippen LogP contribution in [0.15, 0.2) is 23.4 Å². The first-order valence-corrected chi connectivity index (χ1v) is 5.19. The molecular weight excluding hydrogens is 194 g/mol. The lowest BCUT2D eigenvalue weighted by molar-refractivity contribution is 0.0692. The van der Waals surface area contributed by atoms with Crippen LogP contribution in [-0.2, 0) is 9.84 Å². The summed E-state index contributed by atoms with van der Waals surface area (Å²) >= 11 is 0. The minimum Gasteiger partial charge on any atom is -0.478 e. The van der Waals surface area contributed by atoms with Crippen molar-refractivity contribution in [3.8, 4) is 0 Å². The van der Waals surface area contributed by atoms with Crippen LogP contribution < -0.4 is 0 Å². The third kappa shape index (κ3) is 2.03. The number of aromatic carboxylic acids is 1. The third-order valence-corrected chi connectivity index (χ3v) is 2.57. The van der Waals surface area contributed by atoms with Gasteiger partial charge in [0, 0.05) is 18.6 Å². The summed E-state index contributed by atoms with van der Waals surface area (Å²) in [7, 11) is -3.50. The summed E-state index contributed by atoms with van der Waals surface area (Å²) in [6.45, 7) is 0. The van der Waals surface area contributed by atoms with Gasteiger partial charge in [-0.25, -0.2) is 13.2 Å². The lowest BCUT2D eigenvalue weighted by atomic mass is 10.3. The second-order valence-electron chi connectivity index (χ2n) is 2.45. The first-order valence-electron chi connectivity index (χ1n) is 3.30. The van der Waals surface area contributed by atoms with Crippen LogP contribution in [0.3, 0.4) is 0 Å². The third-order valence-electron chi connectivity index (χ3n) is 1.41. The Bertz CT molecular complexity index is 438. The molecule has 13 heavy (non-hydrogen) atoms. The quantitative estimate of drug-likeness (QED) is 0.738. The van der Waals surface area contributed by atoms with Crippen molar-refractivity contribution < 1.29 is 18.3 Å². The Hall–Kier alpha value is -1.43. The predicted molar refractivity (Wildman–Crippen MR) is 44.3 cm³/mol. The molecule has 1 N–H and O–H groups in total. The van der Waals surface area contributed by atoms with Crippen molar-refractivity contribution in [2.75, 3.05) is 6.26 Å². The van der Waals surface area contributed by atoms with E-state index in [1.54, 1.807) is 0 Å². The fraction of sp³-hybridized carbons (Fsp3) is 0.143. The highest BCUT2D eigenvalue weighted by Crippen LogP contribution is 2.13. The molecule has 0 spiro atoms. The first-order chi connectivity index (χ1) is 5.93. The number of sulfone groups is 1. The molecule has 1 aromatic rings. The van der Waals surface area contributed by atoms with Crippen LogP contribution in [0.1, 0.15) is 10.4 Å². The molecule has 0 aromatic carbocycles. The van der Waals surface area contributed by atoms with Gasteiger partial charge in [0.1, 0.15) is 0 Å². The fourth-order valence-electron chi connectivity index (χ4n) is 0.866. The SMILES string of the molecule is CS(=O)(=O)c1ccncc1C(=O)O. The minimum atomic E-state index is -3.50. The molecule has 0 aliphatic carbocycles. The Morgan fingerprint density at radius 1 is 1.54 bits per heavy atom. The molecule has 0 saturated heterocycles.